The Morgan fingerprint density at radius 1 is 1.27 bits per heavy atom. The number of nitrogens with zero attached hydrogens (tertiary/aromatic N) is 4. The molecule has 1 saturated heterocycles. The van der Waals surface area contributed by atoms with E-state index in [2.05, 4.69) is 20.4 Å². The number of fused-ring (bicyclic) bond motifs is 1. The van der Waals surface area contributed by atoms with Crippen molar-refractivity contribution in [2.75, 3.05) is 11.9 Å². The summed E-state index contributed by atoms with van der Waals surface area (Å²) in [4.78, 5) is 9.05. The minimum atomic E-state index is 0.117. The van der Waals surface area contributed by atoms with Gasteiger partial charge in [-0.15, -0.1) is 0 Å². The summed E-state index contributed by atoms with van der Waals surface area (Å²) < 4.78 is 7.98. The number of hydrogen-bond acceptors (Lipinski definition) is 5. The van der Waals surface area contributed by atoms with Crippen molar-refractivity contribution >= 4 is 16.9 Å². The van der Waals surface area contributed by atoms with E-state index in [4.69, 9.17) is 4.74 Å². The van der Waals surface area contributed by atoms with Gasteiger partial charge < -0.3 is 10.1 Å². The lowest BCUT2D eigenvalue weighted by Gasteiger charge is -2.32. The zero-order chi connectivity index (χ0) is 15.2. The smallest absolute Gasteiger partial charge is 0.163 e. The molecule has 1 spiro atoms. The van der Waals surface area contributed by atoms with Crippen LogP contribution in [0.25, 0.3) is 11.0 Å². The molecule has 1 saturated carbocycles. The van der Waals surface area contributed by atoms with Crippen molar-refractivity contribution in [3.8, 4) is 0 Å². The fraction of sp³-hybridized carbons (Fsp3) is 0.688. The second-order valence-corrected chi connectivity index (χ2v) is 6.72. The van der Waals surface area contributed by atoms with Crippen LogP contribution in [0, 0.1) is 6.92 Å². The molecule has 0 radical (unpaired) electrons. The third kappa shape index (κ3) is 2.35. The molecule has 3 heterocycles. The molecule has 1 unspecified atom stereocenters. The Balaban J connectivity index is 1.57. The van der Waals surface area contributed by atoms with Crippen molar-refractivity contribution in [3.63, 3.8) is 0 Å². The fourth-order valence-electron chi connectivity index (χ4n) is 3.92. The van der Waals surface area contributed by atoms with Crippen molar-refractivity contribution in [1.82, 2.24) is 19.7 Å². The average Bonchev–Trinajstić information content (AvgIpc) is 3.05. The highest BCUT2D eigenvalue weighted by atomic mass is 16.5. The molecule has 2 fully saturated rings. The molecular formula is C16H23N5O. The highest BCUT2D eigenvalue weighted by molar-refractivity contribution is 5.86. The quantitative estimate of drug-likeness (QED) is 0.923. The van der Waals surface area contributed by atoms with Crippen molar-refractivity contribution < 1.29 is 4.74 Å². The summed E-state index contributed by atoms with van der Waals surface area (Å²) >= 11 is 0. The van der Waals surface area contributed by atoms with Gasteiger partial charge in [0.05, 0.1) is 29.8 Å². The maximum absolute atomic E-state index is 6.19. The summed E-state index contributed by atoms with van der Waals surface area (Å²) in [5.74, 6) is 1.65. The Morgan fingerprint density at radius 3 is 2.91 bits per heavy atom. The Morgan fingerprint density at radius 2 is 2.09 bits per heavy atom. The van der Waals surface area contributed by atoms with E-state index >= 15 is 0 Å². The van der Waals surface area contributed by atoms with E-state index in [9.17, 15) is 0 Å². The molecule has 0 aromatic carbocycles. The standard InChI is InChI=1S/C16H23N5O/c1-11-18-14(13-9-17-21(2)15(13)19-11)20-12-8-16(22-10-12)6-4-3-5-7-16/h9,12H,3-8,10H2,1-2H3,(H,18,19,20). The molecule has 0 bridgehead atoms. The van der Waals surface area contributed by atoms with Gasteiger partial charge in [0.25, 0.3) is 0 Å². The van der Waals surface area contributed by atoms with Gasteiger partial charge in [0.1, 0.15) is 11.6 Å². The second kappa shape index (κ2) is 5.19. The van der Waals surface area contributed by atoms with Gasteiger partial charge in [-0.25, -0.2) is 9.97 Å². The van der Waals surface area contributed by atoms with Gasteiger partial charge in [-0.3, -0.25) is 4.68 Å². The molecular weight excluding hydrogens is 278 g/mol. The molecule has 4 rings (SSSR count). The molecule has 2 aliphatic rings. The summed E-state index contributed by atoms with van der Waals surface area (Å²) in [6, 6.07) is 0.329. The largest absolute Gasteiger partial charge is 0.373 e. The van der Waals surface area contributed by atoms with Crippen LogP contribution in [-0.2, 0) is 11.8 Å². The number of aryl methyl sites for hydroxylation is 2. The van der Waals surface area contributed by atoms with Crippen LogP contribution in [-0.4, -0.2) is 38.0 Å². The lowest BCUT2D eigenvalue weighted by Crippen LogP contribution is -2.31. The summed E-state index contributed by atoms with van der Waals surface area (Å²) in [5, 5.41) is 8.86. The van der Waals surface area contributed by atoms with E-state index in [0.29, 0.717) is 6.04 Å². The van der Waals surface area contributed by atoms with E-state index in [-0.39, 0.29) is 5.60 Å². The zero-order valence-electron chi connectivity index (χ0n) is 13.3. The highest BCUT2D eigenvalue weighted by Gasteiger charge is 2.41. The molecule has 1 aliphatic heterocycles. The summed E-state index contributed by atoms with van der Waals surface area (Å²) in [6.45, 7) is 2.69. The normalized spacial score (nSPS) is 24.2. The van der Waals surface area contributed by atoms with Crippen molar-refractivity contribution in [1.29, 1.82) is 0 Å². The minimum absolute atomic E-state index is 0.117. The number of anilines is 1. The Labute approximate surface area is 130 Å². The van der Waals surface area contributed by atoms with E-state index in [1.165, 1.54) is 32.1 Å². The molecule has 1 aliphatic carbocycles. The first kappa shape index (κ1) is 13.9. The molecule has 22 heavy (non-hydrogen) atoms. The molecule has 1 atom stereocenters. The maximum atomic E-state index is 6.19. The maximum Gasteiger partial charge on any atom is 0.163 e. The molecule has 1 N–H and O–H groups in total. The van der Waals surface area contributed by atoms with Gasteiger partial charge in [-0.1, -0.05) is 19.3 Å². The number of ether oxygens (including phenoxy) is 1. The van der Waals surface area contributed by atoms with E-state index in [1.807, 2.05) is 20.2 Å². The van der Waals surface area contributed by atoms with Crippen LogP contribution in [0.5, 0.6) is 0 Å². The second-order valence-electron chi connectivity index (χ2n) is 6.72. The summed E-state index contributed by atoms with van der Waals surface area (Å²) in [7, 11) is 1.91. The lowest BCUT2D eigenvalue weighted by atomic mass is 9.82. The van der Waals surface area contributed by atoms with Crippen LogP contribution in [0.1, 0.15) is 44.3 Å². The molecule has 2 aromatic rings. The summed E-state index contributed by atoms with van der Waals surface area (Å²) in [5.41, 5.74) is 0.993. The Hall–Kier alpha value is -1.69. The molecule has 6 nitrogen and oxygen atoms in total. The van der Waals surface area contributed by atoms with Crippen LogP contribution in [0.3, 0.4) is 0 Å². The van der Waals surface area contributed by atoms with Crippen molar-refractivity contribution in [2.45, 2.75) is 57.1 Å². The first-order chi connectivity index (χ1) is 10.7. The Bertz CT molecular complexity index is 689. The lowest BCUT2D eigenvalue weighted by molar-refractivity contribution is -0.0244. The van der Waals surface area contributed by atoms with Crippen LogP contribution in [0.2, 0.25) is 0 Å². The molecule has 2 aromatic heterocycles. The number of aromatic nitrogens is 4. The number of hydrogen-bond donors (Lipinski definition) is 1. The van der Waals surface area contributed by atoms with Crippen LogP contribution < -0.4 is 5.32 Å². The van der Waals surface area contributed by atoms with Gasteiger partial charge in [0, 0.05) is 7.05 Å². The van der Waals surface area contributed by atoms with Gasteiger partial charge in [0.2, 0.25) is 0 Å². The molecule has 118 valence electrons. The number of nitrogens with one attached hydrogen (secondary N) is 1. The third-order valence-electron chi connectivity index (χ3n) is 5.02. The van der Waals surface area contributed by atoms with Gasteiger partial charge >= 0.3 is 0 Å². The van der Waals surface area contributed by atoms with Crippen molar-refractivity contribution in [2.24, 2.45) is 7.05 Å². The third-order valence-corrected chi connectivity index (χ3v) is 5.02. The van der Waals surface area contributed by atoms with E-state index in [1.54, 1.807) is 4.68 Å². The van der Waals surface area contributed by atoms with Crippen LogP contribution >= 0.6 is 0 Å². The van der Waals surface area contributed by atoms with Crippen LogP contribution in [0.15, 0.2) is 6.20 Å². The highest BCUT2D eigenvalue weighted by Crippen LogP contribution is 2.40. The molecule has 6 heteroatoms. The van der Waals surface area contributed by atoms with Crippen molar-refractivity contribution in [3.05, 3.63) is 12.0 Å². The number of rotatable bonds is 2. The minimum Gasteiger partial charge on any atom is -0.373 e. The predicted octanol–water partition coefficient (Wildman–Crippen LogP) is 2.58. The Kier molecular flexibility index (Phi) is 3.29. The zero-order valence-corrected chi connectivity index (χ0v) is 13.3. The van der Waals surface area contributed by atoms with Gasteiger partial charge in [-0.05, 0) is 26.2 Å². The van der Waals surface area contributed by atoms with Gasteiger partial charge in [-0.2, -0.15) is 5.10 Å². The monoisotopic (exact) mass is 301 g/mol. The topological polar surface area (TPSA) is 64.9 Å². The molecule has 0 amide bonds. The SMILES string of the molecule is Cc1nc(NC2COC3(CCCCC3)C2)c2cnn(C)c2n1. The predicted molar refractivity (Wildman–Crippen MR) is 84.8 cm³/mol. The first-order valence-electron chi connectivity index (χ1n) is 8.22. The van der Waals surface area contributed by atoms with Gasteiger partial charge in [0.15, 0.2) is 5.65 Å². The van der Waals surface area contributed by atoms with E-state index in [0.717, 1.165) is 35.7 Å². The van der Waals surface area contributed by atoms with Crippen LogP contribution in [0.4, 0.5) is 5.82 Å². The fourth-order valence-corrected chi connectivity index (χ4v) is 3.92. The first-order valence-corrected chi connectivity index (χ1v) is 8.22. The average molecular weight is 301 g/mol. The van der Waals surface area contributed by atoms with E-state index < -0.39 is 0 Å². The summed E-state index contributed by atoms with van der Waals surface area (Å²) in [6.07, 6.45) is 9.27.